The molecule has 1 fully saturated rings. The number of ether oxygens (including phenoxy) is 1. The van der Waals surface area contributed by atoms with Crippen LogP contribution in [-0.4, -0.2) is 43.9 Å². The topological polar surface area (TPSA) is 110 Å². The Balaban J connectivity index is 2.38. The Kier molecular flexibility index (Phi) is 6.41. The van der Waals surface area contributed by atoms with Crippen molar-refractivity contribution in [1.82, 2.24) is 4.72 Å². The van der Waals surface area contributed by atoms with Crippen molar-refractivity contribution in [2.75, 3.05) is 12.4 Å². The van der Waals surface area contributed by atoms with Gasteiger partial charge in [0.2, 0.25) is 10.0 Å². The van der Waals surface area contributed by atoms with E-state index in [4.69, 9.17) is 9.84 Å². The van der Waals surface area contributed by atoms with Gasteiger partial charge in [0.15, 0.2) is 0 Å². The summed E-state index contributed by atoms with van der Waals surface area (Å²) in [5.41, 5.74) is 0. The second kappa shape index (κ2) is 7.58. The normalized spacial score (nSPS) is 23.2. The van der Waals surface area contributed by atoms with Gasteiger partial charge in [-0.15, -0.1) is 0 Å². The van der Waals surface area contributed by atoms with Gasteiger partial charge in [-0.05, 0) is 32.6 Å². The van der Waals surface area contributed by atoms with Crippen molar-refractivity contribution in [3.8, 4) is 0 Å². The van der Waals surface area contributed by atoms with E-state index in [0.29, 0.717) is 32.3 Å². The summed E-state index contributed by atoms with van der Waals surface area (Å²) in [6.07, 6.45) is 1.90. The second-order valence-electron chi connectivity index (χ2n) is 4.88. The quantitative estimate of drug-likeness (QED) is 0.663. The van der Waals surface area contributed by atoms with Crippen LogP contribution in [0.4, 0.5) is 0 Å². The molecule has 2 N–H and O–H groups in total. The maximum atomic E-state index is 11.7. The lowest BCUT2D eigenvalue weighted by atomic mass is 9.86. The summed E-state index contributed by atoms with van der Waals surface area (Å²) in [5, 5.41) is 8.49. The van der Waals surface area contributed by atoms with E-state index >= 15 is 0 Å². The molecule has 0 aliphatic heterocycles. The number of carboxylic acids is 1. The van der Waals surface area contributed by atoms with Crippen molar-refractivity contribution in [2.24, 2.45) is 5.92 Å². The van der Waals surface area contributed by atoms with E-state index in [1.165, 1.54) is 0 Å². The molecule has 20 heavy (non-hydrogen) atoms. The largest absolute Gasteiger partial charge is 0.481 e. The number of hydrogen-bond acceptors (Lipinski definition) is 5. The standard InChI is InChI=1S/C12H21NO6S/c1-2-19-12(16)9-3-5-10(6-4-9)13-20(17,18)8-7-11(14)15/h9-10,13H,2-8H2,1H3,(H,14,15). The molecular formula is C12H21NO6S. The molecule has 0 aromatic heterocycles. The number of nitrogens with one attached hydrogen (secondary N) is 1. The van der Waals surface area contributed by atoms with Gasteiger partial charge in [0.05, 0.1) is 24.7 Å². The molecule has 1 saturated carbocycles. The molecule has 1 aliphatic carbocycles. The molecule has 0 aromatic rings. The van der Waals surface area contributed by atoms with Crippen LogP contribution in [0.15, 0.2) is 0 Å². The van der Waals surface area contributed by atoms with E-state index in [2.05, 4.69) is 4.72 Å². The van der Waals surface area contributed by atoms with Crippen LogP contribution in [0.5, 0.6) is 0 Å². The minimum atomic E-state index is -3.57. The van der Waals surface area contributed by atoms with E-state index in [1.54, 1.807) is 6.92 Å². The average Bonchev–Trinajstić information content (AvgIpc) is 2.37. The summed E-state index contributed by atoms with van der Waals surface area (Å²) in [6.45, 7) is 2.10. The third kappa shape index (κ3) is 5.87. The van der Waals surface area contributed by atoms with E-state index in [9.17, 15) is 18.0 Å². The highest BCUT2D eigenvalue weighted by Gasteiger charge is 2.29. The first kappa shape index (κ1) is 16.9. The van der Waals surface area contributed by atoms with Gasteiger partial charge < -0.3 is 9.84 Å². The molecule has 7 nitrogen and oxygen atoms in total. The van der Waals surface area contributed by atoms with E-state index in [1.807, 2.05) is 0 Å². The summed E-state index contributed by atoms with van der Waals surface area (Å²) >= 11 is 0. The lowest BCUT2D eigenvalue weighted by molar-refractivity contribution is -0.149. The van der Waals surface area contributed by atoms with Crippen LogP contribution in [0.1, 0.15) is 39.0 Å². The number of sulfonamides is 1. The van der Waals surface area contributed by atoms with Gasteiger partial charge in [0.25, 0.3) is 0 Å². The minimum Gasteiger partial charge on any atom is -0.481 e. The van der Waals surface area contributed by atoms with Crippen LogP contribution in [-0.2, 0) is 24.3 Å². The van der Waals surface area contributed by atoms with Crippen LogP contribution in [0, 0.1) is 5.92 Å². The highest BCUT2D eigenvalue weighted by atomic mass is 32.2. The fraction of sp³-hybridized carbons (Fsp3) is 0.833. The molecule has 0 atom stereocenters. The van der Waals surface area contributed by atoms with Gasteiger partial charge in [-0.25, -0.2) is 13.1 Å². The lowest BCUT2D eigenvalue weighted by Crippen LogP contribution is -2.40. The average molecular weight is 307 g/mol. The Morgan fingerprint density at radius 3 is 2.35 bits per heavy atom. The highest BCUT2D eigenvalue weighted by Crippen LogP contribution is 2.25. The Morgan fingerprint density at radius 2 is 1.85 bits per heavy atom. The van der Waals surface area contributed by atoms with Gasteiger partial charge in [-0.2, -0.15) is 0 Å². The number of hydrogen-bond donors (Lipinski definition) is 2. The van der Waals surface area contributed by atoms with E-state index in [0.717, 1.165) is 0 Å². The Morgan fingerprint density at radius 1 is 1.25 bits per heavy atom. The van der Waals surface area contributed by atoms with Crippen molar-refractivity contribution in [3.63, 3.8) is 0 Å². The molecule has 0 radical (unpaired) electrons. The van der Waals surface area contributed by atoms with Crippen LogP contribution < -0.4 is 4.72 Å². The fourth-order valence-corrected chi connectivity index (χ4v) is 3.55. The molecule has 0 spiro atoms. The van der Waals surface area contributed by atoms with Crippen molar-refractivity contribution in [1.29, 1.82) is 0 Å². The first-order valence-corrected chi connectivity index (χ1v) is 8.37. The van der Waals surface area contributed by atoms with Gasteiger partial charge in [0, 0.05) is 6.04 Å². The zero-order valence-corrected chi connectivity index (χ0v) is 12.3. The SMILES string of the molecule is CCOC(=O)C1CCC(NS(=O)(=O)CCC(=O)O)CC1. The summed E-state index contributed by atoms with van der Waals surface area (Å²) < 4.78 is 30.7. The molecule has 116 valence electrons. The smallest absolute Gasteiger partial charge is 0.308 e. The maximum Gasteiger partial charge on any atom is 0.308 e. The first-order valence-electron chi connectivity index (χ1n) is 6.72. The van der Waals surface area contributed by atoms with Crippen molar-refractivity contribution >= 4 is 22.0 Å². The molecule has 0 aromatic carbocycles. The minimum absolute atomic E-state index is 0.158. The van der Waals surface area contributed by atoms with Crippen molar-refractivity contribution < 1.29 is 27.9 Å². The number of carboxylic acid groups (broad SMARTS) is 1. The molecule has 8 heteroatoms. The first-order chi connectivity index (χ1) is 9.34. The van der Waals surface area contributed by atoms with Gasteiger partial charge in [-0.1, -0.05) is 0 Å². The molecule has 0 bridgehead atoms. The molecule has 0 saturated heterocycles. The summed E-state index contributed by atoms with van der Waals surface area (Å²) in [7, 11) is -3.57. The number of aliphatic carboxylic acids is 1. The van der Waals surface area contributed by atoms with Crippen LogP contribution in [0.2, 0.25) is 0 Å². The molecule has 0 amide bonds. The predicted octanol–water partition coefficient (Wildman–Crippen LogP) is 0.502. The molecular weight excluding hydrogens is 286 g/mol. The Labute approximate surface area is 118 Å². The summed E-state index contributed by atoms with van der Waals surface area (Å²) in [5.74, 6) is -1.93. The van der Waals surface area contributed by atoms with Crippen LogP contribution in [0.25, 0.3) is 0 Å². The highest BCUT2D eigenvalue weighted by molar-refractivity contribution is 7.89. The molecule has 1 rings (SSSR count). The molecule has 1 aliphatic rings. The van der Waals surface area contributed by atoms with Crippen molar-refractivity contribution in [3.05, 3.63) is 0 Å². The van der Waals surface area contributed by atoms with E-state index < -0.39 is 28.2 Å². The monoisotopic (exact) mass is 307 g/mol. The van der Waals surface area contributed by atoms with Gasteiger partial charge >= 0.3 is 11.9 Å². The third-order valence-corrected chi connectivity index (χ3v) is 4.71. The Hall–Kier alpha value is -1.15. The molecule has 0 heterocycles. The van der Waals surface area contributed by atoms with Crippen LogP contribution >= 0.6 is 0 Å². The maximum absolute atomic E-state index is 11.7. The number of rotatable bonds is 7. The van der Waals surface area contributed by atoms with Gasteiger partial charge in [0.1, 0.15) is 0 Å². The van der Waals surface area contributed by atoms with Crippen molar-refractivity contribution in [2.45, 2.75) is 45.1 Å². The zero-order valence-electron chi connectivity index (χ0n) is 11.5. The number of carbonyl (C=O) groups is 2. The second-order valence-corrected chi connectivity index (χ2v) is 6.75. The van der Waals surface area contributed by atoms with Crippen LogP contribution in [0.3, 0.4) is 0 Å². The lowest BCUT2D eigenvalue weighted by Gasteiger charge is -2.27. The van der Waals surface area contributed by atoms with Gasteiger partial charge in [-0.3, -0.25) is 9.59 Å². The fourth-order valence-electron chi connectivity index (χ4n) is 2.24. The predicted molar refractivity (Wildman–Crippen MR) is 71.6 cm³/mol. The number of esters is 1. The zero-order chi connectivity index (χ0) is 15.2. The van der Waals surface area contributed by atoms with E-state index in [-0.39, 0.29) is 17.9 Å². The third-order valence-electron chi connectivity index (χ3n) is 3.28. The number of carbonyl (C=O) groups excluding carboxylic acids is 1. The Bertz CT molecular complexity index is 439. The summed E-state index contributed by atoms with van der Waals surface area (Å²) in [6, 6.07) is -0.223. The summed E-state index contributed by atoms with van der Waals surface area (Å²) in [4.78, 5) is 21.9. The molecule has 0 unspecified atom stereocenters.